The SMILES string of the molecule is C=S1(=O)N(C)C(N)=N[C@](C)(c2cc(CC(=O)c3cn(C)nc3C)ccc2F)C12CC2. The monoisotopic (exact) mass is 431 g/mol. The van der Waals surface area contributed by atoms with Gasteiger partial charge in [-0.2, -0.15) is 5.10 Å². The number of guanidine groups is 1. The fraction of sp³-hybridized carbons (Fsp3) is 0.429. The molecular weight excluding hydrogens is 405 g/mol. The number of hydrogen-bond acceptors (Lipinski definition) is 5. The summed E-state index contributed by atoms with van der Waals surface area (Å²) in [5, 5.41) is 4.21. The minimum Gasteiger partial charge on any atom is -0.369 e. The Morgan fingerprint density at radius 2 is 2.03 bits per heavy atom. The Morgan fingerprint density at radius 1 is 1.37 bits per heavy atom. The van der Waals surface area contributed by atoms with Gasteiger partial charge in [-0.05, 0) is 50.3 Å². The van der Waals surface area contributed by atoms with E-state index in [1.165, 1.54) is 10.4 Å². The number of aryl methyl sites for hydroxylation is 2. The molecule has 1 fully saturated rings. The lowest BCUT2D eigenvalue weighted by Gasteiger charge is -2.45. The molecule has 1 spiro atoms. The van der Waals surface area contributed by atoms with Crippen LogP contribution in [-0.2, 0) is 28.7 Å². The van der Waals surface area contributed by atoms with Crippen LogP contribution in [0.15, 0.2) is 29.4 Å². The van der Waals surface area contributed by atoms with Crippen molar-refractivity contribution in [1.82, 2.24) is 14.1 Å². The van der Waals surface area contributed by atoms with Gasteiger partial charge in [0.1, 0.15) is 11.4 Å². The minimum atomic E-state index is -2.80. The largest absolute Gasteiger partial charge is 0.369 e. The lowest BCUT2D eigenvalue weighted by molar-refractivity contribution is 0.0992. The van der Waals surface area contributed by atoms with Gasteiger partial charge in [-0.25, -0.2) is 13.6 Å². The summed E-state index contributed by atoms with van der Waals surface area (Å²) in [6, 6.07) is 4.58. The summed E-state index contributed by atoms with van der Waals surface area (Å²) in [6.07, 6.45) is 3.01. The van der Waals surface area contributed by atoms with Crippen molar-refractivity contribution in [2.45, 2.75) is 43.4 Å². The number of nitrogens with two attached hydrogens (primary N) is 1. The summed E-state index contributed by atoms with van der Waals surface area (Å²) < 4.78 is 30.8. The third kappa shape index (κ3) is 2.71. The molecule has 7 nitrogen and oxygen atoms in total. The number of aliphatic imine (C=N–C) groups is 1. The highest BCUT2D eigenvalue weighted by Gasteiger charge is 2.67. The summed E-state index contributed by atoms with van der Waals surface area (Å²) >= 11 is 0. The molecule has 2 N–H and O–H groups in total. The summed E-state index contributed by atoms with van der Waals surface area (Å²) in [7, 11) is 0.566. The first kappa shape index (κ1) is 20.6. The maximum atomic E-state index is 15.0. The number of nitrogens with zero attached hydrogens (tertiary/aromatic N) is 4. The molecular formula is C21H26FN5O2S. The highest BCUT2D eigenvalue weighted by Crippen LogP contribution is 2.60. The molecule has 0 saturated heterocycles. The number of rotatable bonds is 4. The second-order valence-electron chi connectivity index (χ2n) is 8.39. The van der Waals surface area contributed by atoms with E-state index >= 15 is 4.39 Å². The molecule has 0 radical (unpaired) electrons. The van der Waals surface area contributed by atoms with Crippen molar-refractivity contribution in [2.75, 3.05) is 7.05 Å². The van der Waals surface area contributed by atoms with E-state index in [1.54, 1.807) is 51.0 Å². The van der Waals surface area contributed by atoms with Crippen LogP contribution in [0.2, 0.25) is 0 Å². The quantitative estimate of drug-likeness (QED) is 0.591. The number of aromatic nitrogens is 2. The molecule has 2 atom stereocenters. The molecule has 4 rings (SSSR count). The van der Waals surface area contributed by atoms with E-state index in [2.05, 4.69) is 16.0 Å². The highest BCUT2D eigenvalue weighted by atomic mass is 32.2. The average Bonchev–Trinajstić information content (AvgIpc) is 3.42. The first-order chi connectivity index (χ1) is 13.9. The average molecular weight is 432 g/mol. The van der Waals surface area contributed by atoms with Gasteiger partial charge in [0, 0.05) is 32.3 Å². The molecule has 2 aromatic rings. The van der Waals surface area contributed by atoms with Crippen LogP contribution in [-0.4, -0.2) is 47.7 Å². The van der Waals surface area contributed by atoms with Gasteiger partial charge in [-0.3, -0.25) is 13.8 Å². The molecule has 1 unspecified atom stereocenters. The van der Waals surface area contributed by atoms with Gasteiger partial charge in [0.2, 0.25) is 5.96 Å². The molecule has 1 aliphatic carbocycles. The molecule has 1 aromatic carbocycles. The van der Waals surface area contributed by atoms with E-state index < -0.39 is 25.8 Å². The zero-order valence-electron chi connectivity index (χ0n) is 17.6. The summed E-state index contributed by atoms with van der Waals surface area (Å²) in [5.74, 6) is 3.46. The fourth-order valence-corrected chi connectivity index (χ4v) is 6.94. The highest BCUT2D eigenvalue weighted by molar-refractivity contribution is 8.00. The van der Waals surface area contributed by atoms with Gasteiger partial charge in [0.05, 0.1) is 25.7 Å². The lowest BCUT2D eigenvalue weighted by Crippen LogP contribution is -2.58. The molecule has 1 aromatic heterocycles. The van der Waals surface area contributed by atoms with E-state index in [1.807, 2.05) is 0 Å². The molecule has 1 saturated carbocycles. The molecule has 0 bridgehead atoms. The fourth-order valence-electron chi connectivity index (χ4n) is 4.56. The van der Waals surface area contributed by atoms with Crippen molar-refractivity contribution >= 4 is 27.3 Å². The van der Waals surface area contributed by atoms with E-state index in [4.69, 9.17) is 5.73 Å². The standard InChI is InChI=1S/C21H26FN5O2S/c1-13-15(12-26(3)25-13)18(28)11-14-6-7-17(22)16(10-14)20(2)21(8-9-21)30(5,29)27(4)19(23)24-20/h6-7,10,12H,5,8-9,11H2,1-4H3,(H2,23,24)/t20-,30?/m1/s1. The lowest BCUT2D eigenvalue weighted by atomic mass is 9.85. The van der Waals surface area contributed by atoms with Gasteiger partial charge >= 0.3 is 0 Å². The van der Waals surface area contributed by atoms with Crippen LogP contribution in [0.4, 0.5) is 4.39 Å². The van der Waals surface area contributed by atoms with Crippen molar-refractivity contribution in [3.05, 3.63) is 52.6 Å². The van der Waals surface area contributed by atoms with Gasteiger partial charge in [-0.1, -0.05) is 6.07 Å². The number of hydrogen-bond donors (Lipinski definition) is 1. The molecule has 0 amide bonds. The van der Waals surface area contributed by atoms with Crippen molar-refractivity contribution in [3.63, 3.8) is 0 Å². The van der Waals surface area contributed by atoms with Gasteiger partial charge < -0.3 is 5.73 Å². The maximum absolute atomic E-state index is 15.0. The van der Waals surface area contributed by atoms with Gasteiger partial charge in [0.15, 0.2) is 5.78 Å². The predicted octanol–water partition coefficient (Wildman–Crippen LogP) is 1.93. The summed E-state index contributed by atoms with van der Waals surface area (Å²) in [5.41, 5.74) is 7.05. The summed E-state index contributed by atoms with van der Waals surface area (Å²) in [4.78, 5) is 17.4. The van der Waals surface area contributed by atoms with Crippen LogP contribution in [0.25, 0.3) is 0 Å². The van der Waals surface area contributed by atoms with E-state index in [0.717, 1.165) is 0 Å². The van der Waals surface area contributed by atoms with Gasteiger partial charge in [0.25, 0.3) is 0 Å². The topological polar surface area (TPSA) is 93.6 Å². The molecule has 160 valence electrons. The molecule has 2 heterocycles. The zero-order valence-corrected chi connectivity index (χ0v) is 18.4. The van der Waals surface area contributed by atoms with Crippen LogP contribution in [0.5, 0.6) is 0 Å². The Morgan fingerprint density at radius 3 is 2.60 bits per heavy atom. The number of Topliss-reactive ketones (excluding diaryl/α,β-unsaturated/α-hetero) is 1. The third-order valence-corrected chi connectivity index (χ3v) is 9.64. The van der Waals surface area contributed by atoms with E-state index in [-0.39, 0.29) is 18.2 Å². The van der Waals surface area contributed by atoms with Crippen LogP contribution in [0.1, 0.15) is 46.9 Å². The Bertz CT molecular complexity index is 1200. The Kier molecular flexibility index (Phi) is 4.40. The van der Waals surface area contributed by atoms with Crippen LogP contribution >= 0.6 is 0 Å². The van der Waals surface area contributed by atoms with E-state index in [9.17, 15) is 9.00 Å². The normalized spacial score (nSPS) is 27.2. The van der Waals surface area contributed by atoms with Crippen molar-refractivity contribution in [3.8, 4) is 0 Å². The maximum Gasteiger partial charge on any atom is 0.203 e. The predicted molar refractivity (Wildman–Crippen MR) is 116 cm³/mol. The number of ketones is 1. The first-order valence-corrected chi connectivity index (χ1v) is 11.4. The summed E-state index contributed by atoms with van der Waals surface area (Å²) in [6.45, 7) is 3.54. The number of carbonyl (C=O) groups is 1. The molecule has 30 heavy (non-hydrogen) atoms. The van der Waals surface area contributed by atoms with E-state index in [0.29, 0.717) is 35.2 Å². The second kappa shape index (κ2) is 6.41. The van der Waals surface area contributed by atoms with Crippen molar-refractivity contribution < 1.29 is 13.4 Å². The van der Waals surface area contributed by atoms with Crippen LogP contribution < -0.4 is 5.73 Å². The smallest absolute Gasteiger partial charge is 0.203 e. The Hall–Kier alpha value is -2.68. The second-order valence-corrected chi connectivity index (χ2v) is 11.0. The minimum absolute atomic E-state index is 0.0712. The van der Waals surface area contributed by atoms with Crippen molar-refractivity contribution in [2.24, 2.45) is 17.8 Å². The molecule has 9 heteroatoms. The van der Waals surface area contributed by atoms with Gasteiger partial charge in [-0.15, -0.1) is 0 Å². The van der Waals surface area contributed by atoms with Crippen molar-refractivity contribution in [1.29, 1.82) is 0 Å². The third-order valence-electron chi connectivity index (χ3n) is 6.54. The van der Waals surface area contributed by atoms with Crippen LogP contribution in [0, 0.1) is 12.7 Å². The Balaban J connectivity index is 1.77. The Labute approximate surface area is 175 Å². The number of carbonyl (C=O) groups excluding carboxylic acids is 1. The number of halogens is 1. The van der Waals surface area contributed by atoms with Crippen LogP contribution in [0.3, 0.4) is 0 Å². The molecule has 1 aliphatic heterocycles. The molecule has 2 aliphatic rings. The number of benzene rings is 1. The first-order valence-electron chi connectivity index (χ1n) is 9.71. The zero-order chi connectivity index (χ0) is 22.1.